The summed E-state index contributed by atoms with van der Waals surface area (Å²) >= 11 is 0. The van der Waals surface area contributed by atoms with Crippen LogP contribution in [0.1, 0.15) is 22.5 Å². The van der Waals surface area contributed by atoms with Gasteiger partial charge in [0.2, 0.25) is 0 Å². The van der Waals surface area contributed by atoms with Gasteiger partial charge in [0.25, 0.3) is 5.91 Å². The van der Waals surface area contributed by atoms with Crippen LogP contribution in [-0.4, -0.2) is 15.5 Å². The lowest BCUT2D eigenvalue weighted by Crippen LogP contribution is -2.14. The summed E-state index contributed by atoms with van der Waals surface area (Å²) < 4.78 is 2.05. The molecule has 1 amide bonds. The summed E-state index contributed by atoms with van der Waals surface area (Å²) in [6, 6.07) is 15.3. The predicted molar refractivity (Wildman–Crippen MR) is 106 cm³/mol. The van der Waals surface area contributed by atoms with Gasteiger partial charge < -0.3 is 9.88 Å². The molecule has 2 heterocycles. The number of carbonyl (C=O) groups is 1. The third-order valence-electron chi connectivity index (χ3n) is 4.43. The molecule has 3 rings (SSSR count). The van der Waals surface area contributed by atoms with Gasteiger partial charge in [-0.3, -0.25) is 9.78 Å². The van der Waals surface area contributed by atoms with Crippen molar-refractivity contribution in [3.63, 3.8) is 0 Å². The third kappa shape index (κ3) is 3.80. The van der Waals surface area contributed by atoms with Crippen LogP contribution in [0.5, 0.6) is 0 Å². The zero-order valence-corrected chi connectivity index (χ0v) is 15.5. The molecule has 0 bridgehead atoms. The van der Waals surface area contributed by atoms with Crippen LogP contribution in [0.2, 0.25) is 0 Å². The van der Waals surface area contributed by atoms with Crippen LogP contribution in [0.25, 0.3) is 11.8 Å². The van der Waals surface area contributed by atoms with Gasteiger partial charge in [-0.2, -0.15) is 5.26 Å². The van der Waals surface area contributed by atoms with Gasteiger partial charge in [0.1, 0.15) is 11.6 Å². The van der Waals surface area contributed by atoms with Crippen molar-refractivity contribution in [2.24, 2.45) is 0 Å². The number of anilines is 1. The number of hydrogen-bond donors (Lipinski definition) is 1. The van der Waals surface area contributed by atoms with Crippen LogP contribution < -0.4 is 5.32 Å². The number of aryl methyl sites for hydroxylation is 2. The van der Waals surface area contributed by atoms with E-state index in [0.29, 0.717) is 5.69 Å². The average molecular weight is 356 g/mol. The second-order valence-electron chi connectivity index (χ2n) is 6.31. The summed E-state index contributed by atoms with van der Waals surface area (Å²) in [5.41, 5.74) is 5.41. The van der Waals surface area contributed by atoms with Gasteiger partial charge in [-0.25, -0.2) is 0 Å². The fourth-order valence-electron chi connectivity index (χ4n) is 3.02. The number of aromatic nitrogens is 2. The molecule has 0 radical (unpaired) electrons. The number of rotatable bonds is 4. The highest BCUT2D eigenvalue weighted by molar-refractivity contribution is 6.10. The molecule has 3 aromatic rings. The van der Waals surface area contributed by atoms with Crippen molar-refractivity contribution < 1.29 is 4.79 Å². The summed E-state index contributed by atoms with van der Waals surface area (Å²) in [7, 11) is 0. The molecule has 1 aromatic carbocycles. The number of para-hydroxylation sites is 1. The van der Waals surface area contributed by atoms with Crippen LogP contribution in [0.15, 0.2) is 60.4 Å². The van der Waals surface area contributed by atoms with Crippen molar-refractivity contribution in [2.75, 3.05) is 5.32 Å². The van der Waals surface area contributed by atoms with Crippen LogP contribution in [0, 0.1) is 32.1 Å². The lowest BCUT2D eigenvalue weighted by atomic mass is 10.1. The quantitative estimate of drug-likeness (QED) is 0.558. The highest BCUT2D eigenvalue weighted by Crippen LogP contribution is 2.23. The largest absolute Gasteiger partial charge is 0.321 e. The maximum Gasteiger partial charge on any atom is 0.266 e. The van der Waals surface area contributed by atoms with Crippen molar-refractivity contribution in [2.45, 2.75) is 20.8 Å². The van der Waals surface area contributed by atoms with E-state index in [9.17, 15) is 10.1 Å². The first-order chi connectivity index (χ1) is 13.0. The number of nitrogens with zero attached hydrogens (tertiary/aromatic N) is 3. The van der Waals surface area contributed by atoms with Gasteiger partial charge in [0.05, 0.1) is 11.9 Å². The van der Waals surface area contributed by atoms with E-state index in [1.165, 1.54) is 0 Å². The maximum absolute atomic E-state index is 12.6. The van der Waals surface area contributed by atoms with E-state index in [-0.39, 0.29) is 5.57 Å². The van der Waals surface area contributed by atoms with Crippen molar-refractivity contribution >= 4 is 17.7 Å². The average Bonchev–Trinajstić information content (AvgIpc) is 2.95. The molecule has 0 spiro atoms. The summed E-state index contributed by atoms with van der Waals surface area (Å²) in [6.07, 6.45) is 5.13. The Morgan fingerprint density at radius 2 is 1.96 bits per heavy atom. The first-order valence-electron chi connectivity index (χ1n) is 8.59. The van der Waals surface area contributed by atoms with Crippen LogP contribution >= 0.6 is 0 Å². The molecule has 134 valence electrons. The highest BCUT2D eigenvalue weighted by atomic mass is 16.1. The van der Waals surface area contributed by atoms with Gasteiger partial charge in [-0.15, -0.1) is 0 Å². The molecule has 0 aliphatic heterocycles. The zero-order valence-electron chi connectivity index (χ0n) is 15.5. The molecule has 27 heavy (non-hydrogen) atoms. The number of hydrogen-bond acceptors (Lipinski definition) is 3. The molecule has 5 heteroatoms. The number of pyridine rings is 1. The van der Waals surface area contributed by atoms with E-state index in [1.54, 1.807) is 18.5 Å². The lowest BCUT2D eigenvalue weighted by Gasteiger charge is -2.09. The first kappa shape index (κ1) is 18.2. The molecular weight excluding hydrogens is 336 g/mol. The van der Waals surface area contributed by atoms with Crippen LogP contribution in [0.4, 0.5) is 5.69 Å². The minimum Gasteiger partial charge on any atom is -0.321 e. The number of nitrogens with one attached hydrogen (secondary N) is 1. The molecule has 1 N–H and O–H groups in total. The van der Waals surface area contributed by atoms with Crippen molar-refractivity contribution in [3.05, 3.63) is 82.9 Å². The number of carbonyl (C=O) groups excluding carboxylic acids is 1. The summed E-state index contributed by atoms with van der Waals surface area (Å²) in [4.78, 5) is 16.7. The van der Waals surface area contributed by atoms with Crippen molar-refractivity contribution in [1.82, 2.24) is 9.55 Å². The van der Waals surface area contributed by atoms with Gasteiger partial charge in [-0.1, -0.05) is 18.2 Å². The van der Waals surface area contributed by atoms with E-state index in [1.807, 2.05) is 73.9 Å². The van der Waals surface area contributed by atoms with Gasteiger partial charge in [0, 0.05) is 23.3 Å². The maximum atomic E-state index is 12.6. The van der Waals surface area contributed by atoms with E-state index >= 15 is 0 Å². The SMILES string of the molecule is Cc1ccccc1NC(=O)/C(C#N)=C\c1cc(C)n(-c2cccnc2)c1C. The Kier molecular flexibility index (Phi) is 5.18. The fraction of sp³-hybridized carbons (Fsp3) is 0.136. The molecule has 0 aliphatic carbocycles. The van der Waals surface area contributed by atoms with Gasteiger partial charge in [-0.05, 0) is 62.2 Å². The third-order valence-corrected chi connectivity index (χ3v) is 4.43. The molecule has 0 atom stereocenters. The Morgan fingerprint density at radius 1 is 1.19 bits per heavy atom. The monoisotopic (exact) mass is 356 g/mol. The summed E-state index contributed by atoms with van der Waals surface area (Å²) in [6.45, 7) is 5.85. The van der Waals surface area contributed by atoms with E-state index in [4.69, 9.17) is 0 Å². The summed E-state index contributed by atoms with van der Waals surface area (Å²) in [5.74, 6) is -0.419. The minimum absolute atomic E-state index is 0.0599. The normalized spacial score (nSPS) is 11.1. The topological polar surface area (TPSA) is 70.7 Å². The molecule has 0 unspecified atom stereocenters. The predicted octanol–water partition coefficient (Wildman–Crippen LogP) is 4.34. The molecule has 5 nitrogen and oxygen atoms in total. The summed E-state index contributed by atoms with van der Waals surface area (Å²) in [5, 5.41) is 12.3. The van der Waals surface area contributed by atoms with Gasteiger partial charge in [0.15, 0.2) is 0 Å². The Hall–Kier alpha value is -3.65. The Labute approximate surface area is 158 Å². The Bertz CT molecular complexity index is 1060. The highest BCUT2D eigenvalue weighted by Gasteiger charge is 2.14. The first-order valence-corrected chi connectivity index (χ1v) is 8.59. The smallest absolute Gasteiger partial charge is 0.266 e. The standard InChI is InChI=1S/C22H20N4O/c1-15-7-4-5-9-21(15)25-22(27)19(13-23)12-18-11-16(2)26(17(18)3)20-8-6-10-24-14-20/h4-12,14H,1-3H3,(H,25,27)/b19-12-. The molecule has 0 saturated carbocycles. The molecule has 0 fully saturated rings. The van der Waals surface area contributed by atoms with E-state index < -0.39 is 5.91 Å². The second-order valence-corrected chi connectivity index (χ2v) is 6.31. The fourth-order valence-corrected chi connectivity index (χ4v) is 3.02. The van der Waals surface area contributed by atoms with Gasteiger partial charge >= 0.3 is 0 Å². The van der Waals surface area contributed by atoms with Crippen molar-refractivity contribution in [3.8, 4) is 11.8 Å². The molecule has 0 aliphatic rings. The van der Waals surface area contributed by atoms with Crippen LogP contribution in [0.3, 0.4) is 0 Å². The Balaban J connectivity index is 1.94. The van der Waals surface area contributed by atoms with Crippen molar-refractivity contribution in [1.29, 1.82) is 5.26 Å². The Morgan fingerprint density at radius 3 is 2.63 bits per heavy atom. The second kappa shape index (κ2) is 7.71. The van der Waals surface area contributed by atoms with E-state index in [0.717, 1.165) is 28.2 Å². The number of amides is 1. The zero-order chi connectivity index (χ0) is 19.4. The number of benzene rings is 1. The van der Waals surface area contributed by atoms with Crippen LogP contribution in [-0.2, 0) is 4.79 Å². The molecule has 0 saturated heterocycles. The number of nitriles is 1. The molecular formula is C22H20N4O. The lowest BCUT2D eigenvalue weighted by molar-refractivity contribution is -0.112. The van der Waals surface area contributed by atoms with E-state index in [2.05, 4.69) is 10.3 Å². The molecule has 2 aromatic heterocycles. The minimum atomic E-state index is -0.419.